The van der Waals surface area contributed by atoms with Gasteiger partial charge in [-0.05, 0) is 108 Å². The first-order chi connectivity index (χ1) is 22.9. The number of aromatic nitrogens is 1. The molecule has 5 aromatic rings. The van der Waals surface area contributed by atoms with Gasteiger partial charge in [0, 0.05) is 35.4 Å². The van der Waals surface area contributed by atoms with Crippen molar-refractivity contribution in [2.24, 2.45) is 11.8 Å². The Balaban J connectivity index is 1.11. The molecule has 1 fully saturated rings. The van der Waals surface area contributed by atoms with E-state index < -0.39 is 0 Å². The fourth-order valence-corrected chi connectivity index (χ4v) is 7.11. The van der Waals surface area contributed by atoms with Crippen LogP contribution in [0.5, 0.6) is 0 Å². The molecule has 0 amide bonds. The van der Waals surface area contributed by atoms with Crippen LogP contribution in [-0.2, 0) is 40.2 Å². The van der Waals surface area contributed by atoms with E-state index >= 15 is 0 Å². The smallest absolute Gasteiger partial charge is 0.162 e. The summed E-state index contributed by atoms with van der Waals surface area (Å²) in [6, 6.07) is 32.3. The fraction of sp³-hybridized carbons (Fsp3) is 0.293. The van der Waals surface area contributed by atoms with Gasteiger partial charge in [0.25, 0.3) is 0 Å². The maximum absolute atomic E-state index is 14.1. The van der Waals surface area contributed by atoms with Crippen LogP contribution >= 0.6 is 11.6 Å². The van der Waals surface area contributed by atoms with Gasteiger partial charge in [0.15, 0.2) is 5.78 Å². The minimum atomic E-state index is -0.250. The zero-order chi connectivity index (χ0) is 32.6. The lowest BCUT2D eigenvalue weighted by Crippen LogP contribution is -2.30. The highest BCUT2D eigenvalue weighted by molar-refractivity contribution is 6.30. The molecule has 6 rings (SSSR count). The van der Waals surface area contributed by atoms with Crippen molar-refractivity contribution in [3.8, 4) is 0 Å². The highest BCUT2D eigenvalue weighted by Gasteiger charge is 2.33. The van der Waals surface area contributed by atoms with E-state index in [-0.39, 0.29) is 35.8 Å². The Kier molecular flexibility index (Phi) is 10.9. The molecule has 1 atom stereocenters. The summed E-state index contributed by atoms with van der Waals surface area (Å²) in [5.41, 5.74) is 5.99. The molecule has 1 aromatic heterocycles. The van der Waals surface area contributed by atoms with Crippen LogP contribution in [0, 0.1) is 17.7 Å². The van der Waals surface area contributed by atoms with E-state index in [0.29, 0.717) is 36.8 Å². The lowest BCUT2D eigenvalue weighted by molar-refractivity contribution is -0.124. The molecule has 4 nitrogen and oxygen atoms in total. The third-order valence-corrected chi connectivity index (χ3v) is 9.73. The molecule has 0 aliphatic heterocycles. The number of rotatable bonds is 13. The summed E-state index contributed by atoms with van der Waals surface area (Å²) in [6.07, 6.45) is 6.88. The van der Waals surface area contributed by atoms with E-state index in [1.165, 1.54) is 6.07 Å². The summed E-state index contributed by atoms with van der Waals surface area (Å²) < 4.78 is 19.8. The first-order valence-corrected chi connectivity index (χ1v) is 16.8. The van der Waals surface area contributed by atoms with E-state index in [1.807, 2.05) is 79.0 Å². The zero-order valence-electron chi connectivity index (χ0n) is 26.4. The van der Waals surface area contributed by atoms with Crippen LogP contribution in [0.3, 0.4) is 0 Å². The van der Waals surface area contributed by atoms with E-state index in [2.05, 4.69) is 17.1 Å². The monoisotopic (exact) mass is 647 g/mol. The minimum absolute atomic E-state index is 0.0335. The summed E-state index contributed by atoms with van der Waals surface area (Å²) >= 11 is 6.11. The largest absolute Gasteiger partial charge is 0.369 e. The molecule has 240 valence electrons. The normalized spacial score (nSPS) is 17.0. The van der Waals surface area contributed by atoms with Gasteiger partial charge in [0.2, 0.25) is 0 Å². The van der Waals surface area contributed by atoms with Crippen LogP contribution in [-0.4, -0.2) is 23.2 Å². The number of carbonyl (C=O) groups is 2. The molecule has 1 saturated carbocycles. The predicted octanol–water partition coefficient (Wildman–Crippen LogP) is 9.30. The Labute approximate surface area is 281 Å². The maximum Gasteiger partial charge on any atom is 0.162 e. The molecule has 6 heteroatoms. The van der Waals surface area contributed by atoms with Gasteiger partial charge in [-0.3, -0.25) is 14.6 Å². The van der Waals surface area contributed by atoms with Gasteiger partial charge in [0.1, 0.15) is 18.2 Å². The second-order valence-electron chi connectivity index (χ2n) is 12.8. The first kappa shape index (κ1) is 32.7. The molecule has 1 aliphatic rings. The quantitative estimate of drug-likeness (QED) is 0.128. The van der Waals surface area contributed by atoms with Crippen molar-refractivity contribution in [1.82, 2.24) is 4.98 Å². The van der Waals surface area contributed by atoms with Crippen molar-refractivity contribution in [2.45, 2.75) is 57.5 Å². The van der Waals surface area contributed by atoms with Gasteiger partial charge in [-0.25, -0.2) is 4.39 Å². The summed E-state index contributed by atoms with van der Waals surface area (Å²) in [7, 11) is 0. The number of halogens is 2. The third kappa shape index (κ3) is 8.79. The topological polar surface area (TPSA) is 56.3 Å². The Bertz CT molecular complexity index is 1800. The molecule has 1 unspecified atom stereocenters. The summed E-state index contributed by atoms with van der Waals surface area (Å²) in [6.45, 7) is 0.487. The molecule has 1 heterocycles. The predicted molar refractivity (Wildman–Crippen MR) is 185 cm³/mol. The van der Waals surface area contributed by atoms with Crippen LogP contribution in [0.1, 0.15) is 59.4 Å². The number of Topliss-reactive ketones (excluding diaryl/α,β-unsaturated/α-hetero) is 2. The molecule has 0 spiro atoms. The van der Waals surface area contributed by atoms with Gasteiger partial charge in [-0.1, -0.05) is 78.3 Å². The lowest BCUT2D eigenvalue weighted by atomic mass is 9.70. The molecule has 4 aromatic carbocycles. The average Bonchev–Trinajstić information content (AvgIpc) is 3.09. The third-order valence-electron chi connectivity index (χ3n) is 9.48. The number of hydrogen-bond donors (Lipinski definition) is 0. The van der Waals surface area contributed by atoms with E-state index in [1.54, 1.807) is 12.1 Å². The molecule has 0 saturated heterocycles. The van der Waals surface area contributed by atoms with Crippen LogP contribution in [0.25, 0.3) is 10.9 Å². The van der Waals surface area contributed by atoms with Crippen molar-refractivity contribution in [3.05, 3.63) is 148 Å². The van der Waals surface area contributed by atoms with Gasteiger partial charge in [0.05, 0.1) is 12.1 Å². The second-order valence-corrected chi connectivity index (χ2v) is 13.2. The molecular weight excluding hydrogens is 609 g/mol. The van der Waals surface area contributed by atoms with E-state index in [4.69, 9.17) is 16.3 Å². The summed E-state index contributed by atoms with van der Waals surface area (Å²) in [5.74, 6) is 0.448. The Morgan fingerprint density at radius 3 is 2.21 bits per heavy atom. The maximum atomic E-state index is 14.1. The van der Waals surface area contributed by atoms with Gasteiger partial charge < -0.3 is 4.74 Å². The van der Waals surface area contributed by atoms with Crippen molar-refractivity contribution >= 4 is 34.1 Å². The Hall–Kier alpha value is -4.19. The Morgan fingerprint density at radius 1 is 0.787 bits per heavy atom. The second kappa shape index (κ2) is 15.6. The molecule has 47 heavy (non-hydrogen) atoms. The van der Waals surface area contributed by atoms with Crippen LogP contribution in [0.2, 0.25) is 5.02 Å². The SMILES string of the molecule is O=C(COCc1ccccc1)Cc1ccc(CC(C(=O)Cc2ccc(Cl)cc2)C2CCC(c3ccnc4ccc(F)cc34)CC2)cc1. The van der Waals surface area contributed by atoms with Crippen molar-refractivity contribution in [1.29, 1.82) is 0 Å². The summed E-state index contributed by atoms with van der Waals surface area (Å²) in [5, 5.41) is 1.54. The lowest BCUT2D eigenvalue weighted by Gasteiger charge is -2.34. The highest BCUT2D eigenvalue weighted by atomic mass is 35.5. The molecule has 0 radical (unpaired) electrons. The van der Waals surface area contributed by atoms with Crippen LogP contribution < -0.4 is 0 Å². The number of fused-ring (bicyclic) bond motifs is 1. The number of ether oxygens (including phenoxy) is 1. The number of benzene rings is 4. The van der Waals surface area contributed by atoms with Crippen molar-refractivity contribution in [3.63, 3.8) is 0 Å². The molecular formula is C41H39ClFNO3. The van der Waals surface area contributed by atoms with Crippen molar-refractivity contribution < 1.29 is 18.7 Å². The standard InChI is InChI=1S/C41H39ClFNO3/c42-34-16-10-30(11-17-34)24-41(46)38(33-14-12-32(13-15-33)37-20-21-44-40-19-18-35(43)25-39(37)40)23-29-8-6-28(7-9-29)22-36(45)27-47-26-31-4-2-1-3-5-31/h1-11,16-21,25,32-33,38H,12-15,22-24,26-27H2. The number of nitrogens with zero attached hydrogens (tertiary/aromatic N) is 1. The highest BCUT2D eigenvalue weighted by Crippen LogP contribution is 2.42. The van der Waals surface area contributed by atoms with Crippen molar-refractivity contribution in [2.75, 3.05) is 6.61 Å². The fourth-order valence-electron chi connectivity index (χ4n) is 6.99. The van der Waals surface area contributed by atoms with E-state index in [0.717, 1.165) is 64.4 Å². The van der Waals surface area contributed by atoms with Crippen LogP contribution in [0.15, 0.2) is 109 Å². The minimum Gasteiger partial charge on any atom is -0.369 e. The zero-order valence-corrected chi connectivity index (χ0v) is 27.2. The number of carbonyl (C=O) groups excluding carboxylic acids is 2. The molecule has 0 N–H and O–H groups in total. The average molecular weight is 648 g/mol. The first-order valence-electron chi connectivity index (χ1n) is 16.4. The van der Waals surface area contributed by atoms with Gasteiger partial charge >= 0.3 is 0 Å². The summed E-state index contributed by atoms with van der Waals surface area (Å²) in [4.78, 5) is 31.0. The van der Waals surface area contributed by atoms with E-state index in [9.17, 15) is 14.0 Å². The number of pyridine rings is 1. The number of ketones is 2. The molecule has 0 bridgehead atoms. The molecule has 1 aliphatic carbocycles. The van der Waals surface area contributed by atoms with Gasteiger partial charge in [-0.2, -0.15) is 0 Å². The Morgan fingerprint density at radius 2 is 1.47 bits per heavy atom. The number of hydrogen-bond acceptors (Lipinski definition) is 4. The van der Waals surface area contributed by atoms with Crippen LogP contribution in [0.4, 0.5) is 4.39 Å². The van der Waals surface area contributed by atoms with Gasteiger partial charge in [-0.15, -0.1) is 0 Å².